The van der Waals surface area contributed by atoms with Gasteiger partial charge in [-0.25, -0.2) is 0 Å². The number of hydrogen-bond acceptors (Lipinski definition) is 5. The summed E-state index contributed by atoms with van der Waals surface area (Å²) in [6, 6.07) is -0.149. The molecule has 5 nitrogen and oxygen atoms in total. The second-order valence-electron chi connectivity index (χ2n) is 4.12. The van der Waals surface area contributed by atoms with Gasteiger partial charge >= 0.3 is 0 Å². The molecule has 0 aliphatic carbocycles. The van der Waals surface area contributed by atoms with Crippen LogP contribution in [-0.2, 0) is 11.2 Å². The Morgan fingerprint density at radius 2 is 2.19 bits per heavy atom. The highest BCUT2D eigenvalue weighted by Gasteiger charge is 2.16. The Labute approximate surface area is 96.4 Å². The topological polar surface area (TPSA) is 74.2 Å². The van der Waals surface area contributed by atoms with Crippen molar-refractivity contribution in [3.63, 3.8) is 0 Å². The van der Waals surface area contributed by atoms with E-state index in [1.54, 1.807) is 0 Å². The Bertz CT molecular complexity index is 299. The number of nitrogens with two attached hydrogens (primary N) is 1. The Balaban J connectivity index is 2.39. The van der Waals surface area contributed by atoms with E-state index in [2.05, 4.69) is 10.1 Å². The van der Waals surface area contributed by atoms with Crippen molar-refractivity contribution in [3.05, 3.63) is 11.7 Å². The molecule has 1 unspecified atom stereocenters. The largest absolute Gasteiger partial charge is 0.382 e. The van der Waals surface area contributed by atoms with E-state index >= 15 is 0 Å². The van der Waals surface area contributed by atoms with Crippen LogP contribution in [-0.4, -0.2) is 23.4 Å². The zero-order valence-corrected chi connectivity index (χ0v) is 10.3. The highest BCUT2D eigenvalue weighted by molar-refractivity contribution is 4.94. The normalized spacial score (nSPS) is 13.3. The minimum absolute atomic E-state index is 0.149. The average Bonchev–Trinajstić information content (AvgIpc) is 2.72. The van der Waals surface area contributed by atoms with Crippen LogP contribution < -0.4 is 5.73 Å². The molecule has 1 atom stereocenters. The fourth-order valence-corrected chi connectivity index (χ4v) is 1.27. The highest BCUT2D eigenvalue weighted by Crippen LogP contribution is 2.15. The second kappa shape index (κ2) is 6.60. The monoisotopic (exact) mass is 227 g/mol. The molecule has 0 amide bonds. The number of aryl methyl sites for hydroxylation is 1. The molecule has 0 bridgehead atoms. The maximum atomic E-state index is 5.92. The zero-order valence-electron chi connectivity index (χ0n) is 10.3. The van der Waals surface area contributed by atoms with Gasteiger partial charge in [-0.2, -0.15) is 4.98 Å². The summed E-state index contributed by atoms with van der Waals surface area (Å²) in [5.41, 5.74) is 5.92. The number of rotatable bonds is 7. The molecule has 0 aliphatic heterocycles. The van der Waals surface area contributed by atoms with Crippen molar-refractivity contribution in [2.45, 2.75) is 39.7 Å². The molecule has 1 rings (SSSR count). The summed E-state index contributed by atoms with van der Waals surface area (Å²) in [6.07, 6.45) is 1.64. The van der Waals surface area contributed by atoms with Crippen molar-refractivity contribution in [2.75, 3.05) is 13.2 Å². The van der Waals surface area contributed by atoms with E-state index < -0.39 is 0 Å². The van der Waals surface area contributed by atoms with Crippen molar-refractivity contribution >= 4 is 0 Å². The lowest BCUT2D eigenvalue weighted by molar-refractivity contribution is 0.143. The fourth-order valence-electron chi connectivity index (χ4n) is 1.27. The van der Waals surface area contributed by atoms with Crippen molar-refractivity contribution in [1.29, 1.82) is 0 Å². The fraction of sp³-hybridized carbons (Fsp3) is 0.818. The van der Waals surface area contributed by atoms with Gasteiger partial charge in [0.25, 0.3) is 0 Å². The third-order valence-corrected chi connectivity index (χ3v) is 2.38. The first-order chi connectivity index (χ1) is 7.65. The molecule has 0 aliphatic rings. The van der Waals surface area contributed by atoms with Crippen molar-refractivity contribution in [3.8, 4) is 0 Å². The summed E-state index contributed by atoms with van der Waals surface area (Å²) in [6.45, 7) is 7.52. The van der Waals surface area contributed by atoms with E-state index in [1.807, 2.05) is 20.8 Å². The molecule has 0 fully saturated rings. The molecule has 92 valence electrons. The van der Waals surface area contributed by atoms with E-state index in [9.17, 15) is 0 Å². The molecular weight excluding hydrogens is 206 g/mol. The summed E-state index contributed by atoms with van der Waals surface area (Å²) >= 11 is 0. The predicted octanol–water partition coefficient (Wildman–Crippen LogP) is 1.69. The maximum absolute atomic E-state index is 5.92. The number of aromatic nitrogens is 2. The van der Waals surface area contributed by atoms with E-state index in [1.165, 1.54) is 0 Å². The van der Waals surface area contributed by atoms with Crippen LogP contribution in [0.3, 0.4) is 0 Å². The molecule has 0 radical (unpaired) electrons. The van der Waals surface area contributed by atoms with Crippen molar-refractivity contribution in [2.24, 2.45) is 11.7 Å². The summed E-state index contributed by atoms with van der Waals surface area (Å²) < 4.78 is 10.4. The first-order valence-corrected chi connectivity index (χ1v) is 5.81. The van der Waals surface area contributed by atoms with Crippen LogP contribution in [0.4, 0.5) is 0 Å². The first kappa shape index (κ1) is 13.1. The molecule has 0 aromatic carbocycles. The molecule has 1 heterocycles. The maximum Gasteiger partial charge on any atom is 0.226 e. The van der Waals surface area contributed by atoms with Gasteiger partial charge in [0.15, 0.2) is 5.82 Å². The molecule has 5 heteroatoms. The average molecular weight is 227 g/mol. The van der Waals surface area contributed by atoms with Crippen LogP contribution >= 0.6 is 0 Å². The van der Waals surface area contributed by atoms with Crippen molar-refractivity contribution < 1.29 is 9.26 Å². The van der Waals surface area contributed by atoms with E-state index in [0.29, 0.717) is 17.6 Å². The lowest BCUT2D eigenvalue weighted by Gasteiger charge is -2.09. The van der Waals surface area contributed by atoms with Gasteiger partial charge in [0.1, 0.15) is 0 Å². The highest BCUT2D eigenvalue weighted by atomic mass is 16.5. The van der Waals surface area contributed by atoms with Gasteiger partial charge in [0, 0.05) is 19.6 Å². The van der Waals surface area contributed by atoms with Crippen molar-refractivity contribution in [1.82, 2.24) is 10.1 Å². The summed E-state index contributed by atoms with van der Waals surface area (Å²) in [5, 5.41) is 3.88. The first-order valence-electron chi connectivity index (χ1n) is 5.81. The SMILES string of the molecule is CCOCCCc1nc(C(N)C(C)C)no1. The summed E-state index contributed by atoms with van der Waals surface area (Å²) in [7, 11) is 0. The Morgan fingerprint density at radius 3 is 2.81 bits per heavy atom. The van der Waals surface area contributed by atoms with Crippen LogP contribution in [0.25, 0.3) is 0 Å². The number of hydrogen-bond donors (Lipinski definition) is 1. The molecule has 1 aromatic rings. The van der Waals surface area contributed by atoms with E-state index in [0.717, 1.165) is 26.1 Å². The predicted molar refractivity (Wildman–Crippen MR) is 60.9 cm³/mol. The molecule has 0 spiro atoms. The lowest BCUT2D eigenvalue weighted by atomic mass is 10.1. The number of ether oxygens (including phenoxy) is 1. The third-order valence-electron chi connectivity index (χ3n) is 2.38. The minimum atomic E-state index is -0.149. The van der Waals surface area contributed by atoms with Gasteiger partial charge in [-0.3, -0.25) is 0 Å². The summed E-state index contributed by atoms with van der Waals surface area (Å²) in [5.74, 6) is 1.56. The Kier molecular flexibility index (Phi) is 5.42. The molecule has 1 aromatic heterocycles. The van der Waals surface area contributed by atoms with Crippen LogP contribution in [0.5, 0.6) is 0 Å². The molecule has 0 saturated heterocycles. The third kappa shape index (κ3) is 3.90. The lowest BCUT2D eigenvalue weighted by Crippen LogP contribution is -2.18. The summed E-state index contributed by atoms with van der Waals surface area (Å²) in [4.78, 5) is 4.27. The Hall–Kier alpha value is -0.940. The smallest absolute Gasteiger partial charge is 0.226 e. The van der Waals surface area contributed by atoms with Crippen LogP contribution in [0.1, 0.15) is 44.9 Å². The van der Waals surface area contributed by atoms with Gasteiger partial charge < -0.3 is 15.0 Å². The van der Waals surface area contributed by atoms with Gasteiger partial charge in [-0.1, -0.05) is 19.0 Å². The second-order valence-corrected chi connectivity index (χ2v) is 4.12. The van der Waals surface area contributed by atoms with Gasteiger partial charge in [-0.05, 0) is 19.3 Å². The van der Waals surface area contributed by atoms with Gasteiger partial charge in [-0.15, -0.1) is 0 Å². The van der Waals surface area contributed by atoms with E-state index in [-0.39, 0.29) is 6.04 Å². The molecular formula is C11H21N3O2. The van der Waals surface area contributed by atoms with Crippen LogP contribution in [0.2, 0.25) is 0 Å². The number of nitrogens with zero attached hydrogens (tertiary/aromatic N) is 2. The quantitative estimate of drug-likeness (QED) is 0.717. The molecule has 2 N–H and O–H groups in total. The van der Waals surface area contributed by atoms with Crippen LogP contribution in [0, 0.1) is 5.92 Å². The van der Waals surface area contributed by atoms with Crippen LogP contribution in [0.15, 0.2) is 4.52 Å². The standard InChI is InChI=1S/C11H21N3O2/c1-4-15-7-5-6-9-13-11(14-16-9)10(12)8(2)3/h8,10H,4-7,12H2,1-3H3. The molecule has 0 saturated carbocycles. The van der Waals surface area contributed by atoms with E-state index in [4.69, 9.17) is 15.0 Å². The minimum Gasteiger partial charge on any atom is -0.382 e. The Morgan fingerprint density at radius 1 is 1.44 bits per heavy atom. The van der Waals surface area contributed by atoms with Gasteiger partial charge in [0.05, 0.1) is 6.04 Å². The van der Waals surface area contributed by atoms with Gasteiger partial charge in [0.2, 0.25) is 5.89 Å². The molecule has 16 heavy (non-hydrogen) atoms. The zero-order chi connectivity index (χ0) is 12.0.